The van der Waals surface area contributed by atoms with Crippen LogP contribution in [0.25, 0.3) is 5.57 Å². The molecule has 0 radical (unpaired) electrons. The summed E-state index contributed by atoms with van der Waals surface area (Å²) >= 11 is 0. The van der Waals surface area contributed by atoms with E-state index in [9.17, 15) is 9.50 Å². The van der Waals surface area contributed by atoms with Gasteiger partial charge in [-0.3, -0.25) is 14.8 Å². The first-order valence-electron chi connectivity index (χ1n) is 17.5. The number of nitrogens with zero attached hydrogens (tertiary/aromatic N) is 6. The van der Waals surface area contributed by atoms with Crippen molar-refractivity contribution >= 4 is 17.1 Å². The molecule has 2 aliphatic rings. The van der Waals surface area contributed by atoms with Crippen LogP contribution in [0.5, 0.6) is 0 Å². The van der Waals surface area contributed by atoms with Gasteiger partial charge in [0.05, 0.1) is 24.4 Å². The van der Waals surface area contributed by atoms with Gasteiger partial charge in [-0.05, 0) is 89.1 Å². The average molecular weight is 649 g/mol. The Morgan fingerprint density at radius 2 is 1.77 bits per heavy atom. The van der Waals surface area contributed by atoms with Crippen molar-refractivity contribution in [1.82, 2.24) is 19.6 Å². The van der Waals surface area contributed by atoms with Gasteiger partial charge >= 0.3 is 0 Å². The number of benzene rings is 1. The van der Waals surface area contributed by atoms with E-state index in [2.05, 4.69) is 94.9 Å². The summed E-state index contributed by atoms with van der Waals surface area (Å²) in [5.41, 5.74) is 5.03. The lowest BCUT2D eigenvalue weighted by atomic mass is 9.91. The fourth-order valence-corrected chi connectivity index (χ4v) is 6.39. The topological polar surface area (TPSA) is 57.9 Å². The first-order valence-corrected chi connectivity index (χ1v) is 17.5. The van der Waals surface area contributed by atoms with Crippen LogP contribution in [-0.4, -0.2) is 107 Å². The maximum Gasteiger partial charge on any atom is 0.123 e. The monoisotopic (exact) mass is 648 g/mol. The maximum atomic E-state index is 13.7. The molecule has 0 aliphatic carbocycles. The van der Waals surface area contributed by atoms with E-state index in [0.717, 1.165) is 66.7 Å². The van der Waals surface area contributed by atoms with Crippen molar-refractivity contribution in [3.8, 4) is 0 Å². The lowest BCUT2D eigenvalue weighted by Crippen LogP contribution is -2.61. The van der Waals surface area contributed by atoms with Gasteiger partial charge in [-0.15, -0.1) is 0 Å². The van der Waals surface area contributed by atoms with E-state index in [-0.39, 0.29) is 17.8 Å². The average Bonchev–Trinajstić information content (AvgIpc) is 3.52. The van der Waals surface area contributed by atoms with Crippen LogP contribution in [0, 0.1) is 11.7 Å². The van der Waals surface area contributed by atoms with Crippen molar-refractivity contribution in [3.63, 3.8) is 0 Å². The summed E-state index contributed by atoms with van der Waals surface area (Å²) in [5.74, 6) is 1.71. The van der Waals surface area contributed by atoms with E-state index < -0.39 is 6.10 Å². The maximum absolute atomic E-state index is 13.7. The minimum absolute atomic E-state index is 0.143. The fraction of sp³-hybridized carbons (Fsp3) is 0.590. The molecular formula is C39H61FN6O. The van der Waals surface area contributed by atoms with Crippen LogP contribution < -0.4 is 0 Å². The number of halogens is 1. The standard InChI is InChI=1S/C39H61FN6O/c1-12-34(46-22-21-41-39(46)37-26-44(28(4)5)23-24-45(37)29(6)7)25-35(47)15-13-14-16-36(30(8)32-17-19-33(40)20-18-32)38(27(2)3)42-31(9)43(10)11/h12,14,16-20,27-29,35,37,47H,9,13,15,21-26H2,1-8,10-11H3/b16-14+,34-12+,36-30+,42-38-. The Kier molecular flexibility index (Phi) is 14.6. The molecular weight excluding hydrogens is 587 g/mol. The Morgan fingerprint density at radius 3 is 2.34 bits per heavy atom. The van der Waals surface area contributed by atoms with Gasteiger partial charge in [-0.1, -0.05) is 50.8 Å². The molecule has 2 atom stereocenters. The Balaban J connectivity index is 1.76. The number of hydrogen-bond acceptors (Lipinski definition) is 7. The van der Waals surface area contributed by atoms with E-state index >= 15 is 0 Å². The fourth-order valence-electron chi connectivity index (χ4n) is 6.39. The largest absolute Gasteiger partial charge is 0.393 e. The highest BCUT2D eigenvalue weighted by molar-refractivity contribution is 6.09. The summed E-state index contributed by atoms with van der Waals surface area (Å²) in [6.45, 7) is 26.4. The molecule has 1 aromatic rings. The molecule has 260 valence electrons. The van der Waals surface area contributed by atoms with Crippen molar-refractivity contribution in [2.75, 3.05) is 46.8 Å². The van der Waals surface area contributed by atoms with E-state index in [0.29, 0.717) is 37.2 Å². The van der Waals surface area contributed by atoms with Crippen LogP contribution >= 0.6 is 0 Å². The molecule has 2 aliphatic heterocycles. The number of aliphatic hydroxyl groups excluding tert-OH is 1. The molecule has 2 heterocycles. The minimum atomic E-state index is -0.482. The molecule has 0 saturated carbocycles. The summed E-state index contributed by atoms with van der Waals surface area (Å²) < 4.78 is 13.7. The first kappa shape index (κ1) is 38.4. The van der Waals surface area contributed by atoms with Crippen molar-refractivity contribution in [1.29, 1.82) is 0 Å². The minimum Gasteiger partial charge on any atom is -0.393 e. The highest BCUT2D eigenvalue weighted by atomic mass is 19.1. The molecule has 8 heteroatoms. The molecule has 1 N–H and O–H groups in total. The van der Waals surface area contributed by atoms with E-state index in [1.807, 2.05) is 31.1 Å². The van der Waals surface area contributed by atoms with Crippen molar-refractivity contribution in [2.24, 2.45) is 15.9 Å². The van der Waals surface area contributed by atoms with Gasteiger partial charge in [-0.2, -0.15) is 0 Å². The second-order valence-electron chi connectivity index (χ2n) is 14.0. The van der Waals surface area contributed by atoms with Gasteiger partial charge in [0.15, 0.2) is 0 Å². The lowest BCUT2D eigenvalue weighted by molar-refractivity contribution is 0.0609. The molecule has 1 saturated heterocycles. The number of aliphatic imine (C=N–C) groups is 2. The highest BCUT2D eigenvalue weighted by Gasteiger charge is 2.37. The van der Waals surface area contributed by atoms with E-state index in [4.69, 9.17) is 9.98 Å². The van der Waals surface area contributed by atoms with Gasteiger partial charge < -0.3 is 14.9 Å². The van der Waals surface area contributed by atoms with Gasteiger partial charge in [0.25, 0.3) is 0 Å². The molecule has 0 spiro atoms. The second-order valence-corrected chi connectivity index (χ2v) is 14.0. The van der Waals surface area contributed by atoms with Crippen molar-refractivity contribution in [3.05, 3.63) is 77.5 Å². The van der Waals surface area contributed by atoms with Gasteiger partial charge in [0, 0.05) is 64.5 Å². The van der Waals surface area contributed by atoms with Crippen molar-refractivity contribution in [2.45, 2.75) is 98.9 Å². The second kappa shape index (κ2) is 17.9. The molecule has 7 nitrogen and oxygen atoms in total. The molecule has 2 unspecified atom stereocenters. The summed E-state index contributed by atoms with van der Waals surface area (Å²) in [6, 6.07) is 7.80. The third-order valence-corrected chi connectivity index (χ3v) is 9.36. The van der Waals surface area contributed by atoms with Crippen LogP contribution in [0.2, 0.25) is 0 Å². The highest BCUT2D eigenvalue weighted by Crippen LogP contribution is 2.27. The Hall–Kier alpha value is -3.07. The molecule has 1 aromatic carbocycles. The van der Waals surface area contributed by atoms with Crippen LogP contribution in [0.1, 0.15) is 80.2 Å². The summed E-state index contributed by atoms with van der Waals surface area (Å²) in [6.07, 6.45) is 7.85. The van der Waals surface area contributed by atoms with Gasteiger partial charge in [-0.25, -0.2) is 9.38 Å². The van der Waals surface area contributed by atoms with Gasteiger partial charge in [0.1, 0.15) is 17.5 Å². The zero-order valence-electron chi connectivity index (χ0n) is 30.8. The van der Waals surface area contributed by atoms with Crippen LogP contribution in [0.4, 0.5) is 4.39 Å². The SMILES string of the molecule is C=C(\N=C(C(/C=C/CCC(O)C/C(=C\C)N1CCN=C1C1CN(C(C)C)CCN1C(C)C)=C(\C)c1ccc(F)cc1)\C(C)C)N(C)C. The normalized spacial score (nSPS) is 20.1. The summed E-state index contributed by atoms with van der Waals surface area (Å²) in [5, 5.41) is 11.3. The quantitative estimate of drug-likeness (QED) is 0.161. The third kappa shape index (κ3) is 10.5. The molecule has 0 amide bonds. The molecule has 0 bridgehead atoms. The van der Waals surface area contributed by atoms with E-state index in [1.54, 1.807) is 0 Å². The Morgan fingerprint density at radius 1 is 1.09 bits per heavy atom. The third-order valence-electron chi connectivity index (χ3n) is 9.36. The number of amidine groups is 1. The molecule has 47 heavy (non-hydrogen) atoms. The first-order chi connectivity index (χ1) is 22.2. The molecule has 3 rings (SSSR count). The molecule has 1 fully saturated rings. The predicted octanol–water partition coefficient (Wildman–Crippen LogP) is 7.24. The van der Waals surface area contributed by atoms with Crippen LogP contribution in [0.3, 0.4) is 0 Å². The van der Waals surface area contributed by atoms with Crippen LogP contribution in [-0.2, 0) is 0 Å². The summed E-state index contributed by atoms with van der Waals surface area (Å²) in [7, 11) is 3.87. The zero-order valence-corrected chi connectivity index (χ0v) is 30.8. The number of rotatable bonds is 15. The predicted molar refractivity (Wildman–Crippen MR) is 198 cm³/mol. The van der Waals surface area contributed by atoms with Gasteiger partial charge in [0.2, 0.25) is 0 Å². The smallest absolute Gasteiger partial charge is 0.123 e. The number of allylic oxidation sites excluding steroid dienone is 5. The zero-order chi connectivity index (χ0) is 34.8. The number of aliphatic hydroxyl groups is 1. The lowest BCUT2D eigenvalue weighted by Gasteiger charge is -2.46. The molecule has 0 aromatic heterocycles. The Bertz CT molecular complexity index is 1340. The van der Waals surface area contributed by atoms with Crippen molar-refractivity contribution < 1.29 is 9.50 Å². The summed E-state index contributed by atoms with van der Waals surface area (Å²) in [4.78, 5) is 19.4. The Labute approximate surface area is 284 Å². The number of piperazine rings is 1. The number of hydrogen-bond donors (Lipinski definition) is 1. The van der Waals surface area contributed by atoms with E-state index in [1.165, 1.54) is 12.1 Å². The van der Waals surface area contributed by atoms with Crippen LogP contribution in [0.15, 0.2) is 76.1 Å².